The molecule has 0 fully saturated rings. The van der Waals surface area contributed by atoms with Crippen LogP contribution >= 0.6 is 0 Å². The molecular weight excluding hydrogens is 94.1 g/mol. The van der Waals surface area contributed by atoms with E-state index in [1.54, 1.807) is 0 Å². The van der Waals surface area contributed by atoms with Crippen LogP contribution in [0.25, 0.3) is 0 Å². The highest BCUT2D eigenvalue weighted by Gasteiger charge is 1.90. The lowest BCUT2D eigenvalue weighted by Crippen LogP contribution is -1.76. The molecule has 0 atom stereocenters. The quantitative estimate of drug-likeness (QED) is 0.498. The average molecular weight is 99.1 g/mol. The predicted octanol–water partition coefficient (Wildman–Crippen LogP) is 0.0270. The zero-order valence-corrected chi connectivity index (χ0v) is 3.96. The van der Waals surface area contributed by atoms with Gasteiger partial charge >= 0.3 is 0 Å². The van der Waals surface area contributed by atoms with Crippen molar-refractivity contribution in [3.63, 3.8) is 0 Å². The van der Waals surface area contributed by atoms with Crippen molar-refractivity contribution in [3.8, 4) is 0 Å². The number of rotatable bonds is 1. The number of nitrogens with zero attached hydrogens (tertiary/aromatic N) is 3. The Labute approximate surface area is 40.5 Å². The van der Waals surface area contributed by atoms with Crippen molar-refractivity contribution in [1.29, 1.82) is 0 Å². The van der Waals surface area contributed by atoms with Gasteiger partial charge in [0.2, 0.25) is 5.89 Å². The summed E-state index contributed by atoms with van der Waals surface area (Å²) in [6.07, 6.45) is 0.757. The largest absolute Gasteiger partial charge is 0.320 e. The monoisotopic (exact) mass is 99.0 g/mol. The van der Waals surface area contributed by atoms with E-state index >= 15 is 0 Å². The Morgan fingerprint density at radius 3 is 2.86 bits per heavy atom. The van der Waals surface area contributed by atoms with Gasteiger partial charge in [-0.15, -0.1) is 0 Å². The fourth-order valence-corrected chi connectivity index (χ4v) is 0.287. The Balaban J connectivity index is 2.76. The standard InChI is InChI=1S/C3H5N3O/c1-2-3-4-5-6-7-3/h2H2,1H3. The third-order valence-electron chi connectivity index (χ3n) is 0.641. The Morgan fingerprint density at radius 2 is 2.57 bits per heavy atom. The average Bonchev–Trinajstić information content (AvgIpc) is 2.14. The first kappa shape index (κ1) is 4.23. The van der Waals surface area contributed by atoms with Gasteiger partial charge in [-0.05, 0) is 5.21 Å². The summed E-state index contributed by atoms with van der Waals surface area (Å²) in [4.78, 5) is 0. The van der Waals surface area contributed by atoms with E-state index in [4.69, 9.17) is 0 Å². The van der Waals surface area contributed by atoms with E-state index in [-0.39, 0.29) is 0 Å². The maximum atomic E-state index is 4.51. The molecule has 7 heavy (non-hydrogen) atoms. The van der Waals surface area contributed by atoms with Crippen LogP contribution in [0.3, 0.4) is 0 Å². The van der Waals surface area contributed by atoms with Gasteiger partial charge in [0.05, 0.1) is 5.27 Å². The van der Waals surface area contributed by atoms with E-state index in [1.807, 2.05) is 6.92 Å². The van der Waals surface area contributed by atoms with Crippen LogP contribution in [-0.2, 0) is 6.42 Å². The maximum absolute atomic E-state index is 4.51. The first-order chi connectivity index (χ1) is 3.43. The molecule has 1 aromatic rings. The zero-order valence-electron chi connectivity index (χ0n) is 3.96. The summed E-state index contributed by atoms with van der Waals surface area (Å²) in [6, 6.07) is 0. The van der Waals surface area contributed by atoms with Crippen molar-refractivity contribution in [1.82, 2.24) is 15.6 Å². The molecule has 0 aliphatic heterocycles. The summed E-state index contributed by atoms with van der Waals surface area (Å²) < 4.78 is 4.51. The van der Waals surface area contributed by atoms with Gasteiger partial charge in [0.15, 0.2) is 0 Å². The Kier molecular flexibility index (Phi) is 1.02. The van der Waals surface area contributed by atoms with Crippen LogP contribution in [0.4, 0.5) is 0 Å². The Morgan fingerprint density at radius 1 is 1.71 bits per heavy atom. The van der Waals surface area contributed by atoms with Crippen LogP contribution in [-0.4, -0.2) is 15.6 Å². The number of hydrogen-bond donors (Lipinski definition) is 0. The molecule has 0 saturated heterocycles. The highest BCUT2D eigenvalue weighted by molar-refractivity contribution is 4.64. The fraction of sp³-hybridized carbons (Fsp3) is 0.667. The Hall–Kier alpha value is -0.930. The molecule has 0 unspecified atom stereocenters. The molecule has 0 amide bonds. The molecule has 0 bridgehead atoms. The van der Waals surface area contributed by atoms with Crippen LogP contribution in [0.1, 0.15) is 12.8 Å². The van der Waals surface area contributed by atoms with E-state index in [0.29, 0.717) is 5.89 Å². The lowest BCUT2D eigenvalue weighted by atomic mass is 10.5. The summed E-state index contributed by atoms with van der Waals surface area (Å²) >= 11 is 0. The summed E-state index contributed by atoms with van der Waals surface area (Å²) in [6.45, 7) is 1.93. The summed E-state index contributed by atoms with van der Waals surface area (Å²) in [5, 5.41) is 9.89. The van der Waals surface area contributed by atoms with Gasteiger partial charge in [-0.3, -0.25) is 0 Å². The van der Waals surface area contributed by atoms with Crippen LogP contribution in [0.15, 0.2) is 4.52 Å². The molecule has 0 saturated carbocycles. The molecule has 0 spiro atoms. The van der Waals surface area contributed by atoms with E-state index in [9.17, 15) is 0 Å². The third kappa shape index (κ3) is 0.734. The van der Waals surface area contributed by atoms with Crippen molar-refractivity contribution in [2.24, 2.45) is 0 Å². The molecule has 4 nitrogen and oxygen atoms in total. The second kappa shape index (κ2) is 1.68. The van der Waals surface area contributed by atoms with Crippen LogP contribution in [0, 0.1) is 0 Å². The van der Waals surface area contributed by atoms with Crippen LogP contribution in [0.2, 0.25) is 0 Å². The normalized spacial score (nSPS) is 9.29. The van der Waals surface area contributed by atoms with Crippen molar-refractivity contribution in [2.45, 2.75) is 13.3 Å². The highest BCUT2D eigenvalue weighted by atomic mass is 16.5. The van der Waals surface area contributed by atoms with Crippen molar-refractivity contribution in [3.05, 3.63) is 5.89 Å². The molecule has 4 heteroatoms. The lowest BCUT2D eigenvalue weighted by Gasteiger charge is -1.71. The summed E-state index contributed by atoms with van der Waals surface area (Å²) in [5.41, 5.74) is 0. The van der Waals surface area contributed by atoms with E-state index in [2.05, 4.69) is 20.1 Å². The van der Waals surface area contributed by atoms with Crippen molar-refractivity contribution in [2.75, 3.05) is 0 Å². The zero-order chi connectivity index (χ0) is 5.11. The van der Waals surface area contributed by atoms with Crippen molar-refractivity contribution >= 4 is 0 Å². The predicted molar refractivity (Wildman–Crippen MR) is 21.5 cm³/mol. The van der Waals surface area contributed by atoms with Crippen molar-refractivity contribution < 1.29 is 4.52 Å². The number of hydrogen-bond acceptors (Lipinski definition) is 4. The Bertz CT molecular complexity index is 125. The third-order valence-corrected chi connectivity index (χ3v) is 0.641. The van der Waals surface area contributed by atoms with Gasteiger partial charge in [-0.1, -0.05) is 12.0 Å². The minimum absolute atomic E-state index is 0.583. The molecule has 0 aliphatic rings. The van der Waals surface area contributed by atoms with E-state index in [0.717, 1.165) is 6.42 Å². The van der Waals surface area contributed by atoms with Crippen LogP contribution < -0.4 is 0 Å². The molecule has 1 aromatic heterocycles. The maximum Gasteiger partial charge on any atom is 0.247 e. The fourth-order valence-electron chi connectivity index (χ4n) is 0.287. The molecule has 38 valence electrons. The molecule has 1 heterocycles. The van der Waals surface area contributed by atoms with E-state index in [1.165, 1.54) is 0 Å². The van der Waals surface area contributed by atoms with Gasteiger partial charge in [0.1, 0.15) is 0 Å². The summed E-state index contributed by atoms with van der Waals surface area (Å²) in [7, 11) is 0. The van der Waals surface area contributed by atoms with Gasteiger partial charge in [0.25, 0.3) is 0 Å². The van der Waals surface area contributed by atoms with Crippen LogP contribution in [0.5, 0.6) is 0 Å². The molecule has 0 N–H and O–H groups in total. The van der Waals surface area contributed by atoms with Gasteiger partial charge in [-0.2, -0.15) is 0 Å². The van der Waals surface area contributed by atoms with Gasteiger partial charge in [0, 0.05) is 6.42 Å². The molecule has 0 aromatic carbocycles. The smallest absolute Gasteiger partial charge is 0.247 e. The van der Waals surface area contributed by atoms with Gasteiger partial charge in [-0.25, -0.2) is 0 Å². The molecular formula is C3H5N3O. The lowest BCUT2D eigenvalue weighted by molar-refractivity contribution is 0.364. The highest BCUT2D eigenvalue weighted by Crippen LogP contribution is 1.85. The topological polar surface area (TPSA) is 51.8 Å². The first-order valence-corrected chi connectivity index (χ1v) is 2.07. The second-order valence-corrected chi connectivity index (χ2v) is 1.11. The molecule has 0 radical (unpaired) electrons. The summed E-state index contributed by atoms with van der Waals surface area (Å²) in [5.74, 6) is 0.583. The first-order valence-electron chi connectivity index (χ1n) is 2.07. The number of aromatic nitrogens is 3. The SMILES string of the molecule is CCc1nnno1. The van der Waals surface area contributed by atoms with Gasteiger partial charge < -0.3 is 4.52 Å². The minimum atomic E-state index is 0.583. The van der Waals surface area contributed by atoms with E-state index < -0.39 is 0 Å². The molecule has 1 rings (SSSR count). The minimum Gasteiger partial charge on any atom is -0.320 e. The molecule has 0 aliphatic carbocycles. The number of aryl methyl sites for hydroxylation is 1. The second-order valence-electron chi connectivity index (χ2n) is 1.11.